The van der Waals surface area contributed by atoms with Crippen LogP contribution < -0.4 is 5.32 Å². The van der Waals surface area contributed by atoms with Gasteiger partial charge in [-0.3, -0.25) is 14.4 Å². The monoisotopic (exact) mass is 502 g/mol. The first-order valence-electron chi connectivity index (χ1n) is 10.9. The number of carbonyl (C=O) groups is 3. The predicted octanol–water partition coefficient (Wildman–Crippen LogP) is 4.95. The van der Waals surface area contributed by atoms with Gasteiger partial charge in [0.25, 0.3) is 0 Å². The summed E-state index contributed by atoms with van der Waals surface area (Å²) in [6.07, 6.45) is -1.33. The SMILES string of the molecule is Cc1ccc(CC(=O)c2cnc([C@@H](C)CC(=O)c3ncnc4c3CCC(=O)N4)s2)cc1C(F)(F)F. The fourth-order valence-corrected chi connectivity index (χ4v) is 4.80. The van der Waals surface area contributed by atoms with Crippen molar-refractivity contribution in [3.63, 3.8) is 0 Å². The van der Waals surface area contributed by atoms with E-state index in [-0.39, 0.29) is 59.5 Å². The van der Waals surface area contributed by atoms with Gasteiger partial charge in [-0.15, -0.1) is 11.3 Å². The van der Waals surface area contributed by atoms with Crippen LogP contribution in [0.4, 0.5) is 19.0 Å². The molecule has 0 unspecified atom stereocenters. The lowest BCUT2D eigenvalue weighted by atomic mass is 9.97. The number of rotatable bonds is 7. The second-order valence-electron chi connectivity index (χ2n) is 8.44. The van der Waals surface area contributed by atoms with Crippen molar-refractivity contribution in [1.29, 1.82) is 0 Å². The highest BCUT2D eigenvalue weighted by molar-refractivity contribution is 7.13. The van der Waals surface area contributed by atoms with E-state index >= 15 is 0 Å². The summed E-state index contributed by atoms with van der Waals surface area (Å²) in [7, 11) is 0. The molecule has 3 heterocycles. The van der Waals surface area contributed by atoms with Gasteiger partial charge in [0, 0.05) is 36.9 Å². The van der Waals surface area contributed by atoms with Crippen LogP contribution in [0.3, 0.4) is 0 Å². The molecule has 0 spiro atoms. The Labute approximate surface area is 202 Å². The van der Waals surface area contributed by atoms with Crippen LogP contribution in [0.5, 0.6) is 0 Å². The zero-order chi connectivity index (χ0) is 25.3. The number of ketones is 2. The molecule has 0 radical (unpaired) electrons. The number of halogens is 3. The molecule has 1 amide bonds. The molecule has 35 heavy (non-hydrogen) atoms. The molecule has 1 aliphatic heterocycles. The average Bonchev–Trinajstić information content (AvgIpc) is 3.29. The Bertz CT molecular complexity index is 1320. The Morgan fingerprint density at radius 2 is 1.91 bits per heavy atom. The minimum absolute atomic E-state index is 0.0887. The number of nitrogens with one attached hydrogen (secondary N) is 1. The molecule has 1 aliphatic rings. The number of nitrogens with zero attached hydrogens (tertiary/aromatic N) is 3. The summed E-state index contributed by atoms with van der Waals surface area (Å²) in [5, 5.41) is 3.21. The lowest BCUT2D eigenvalue weighted by Gasteiger charge is -2.17. The number of amides is 1. The molecule has 182 valence electrons. The molecule has 1 atom stereocenters. The van der Waals surface area contributed by atoms with Crippen LogP contribution in [0.25, 0.3) is 0 Å². The van der Waals surface area contributed by atoms with Gasteiger partial charge >= 0.3 is 6.18 Å². The summed E-state index contributed by atoms with van der Waals surface area (Å²) < 4.78 is 39.5. The highest BCUT2D eigenvalue weighted by Gasteiger charge is 2.32. The average molecular weight is 503 g/mol. The summed E-state index contributed by atoms with van der Waals surface area (Å²) >= 11 is 1.12. The fraction of sp³-hybridized carbons (Fsp3) is 0.333. The second-order valence-corrected chi connectivity index (χ2v) is 9.50. The number of hydrogen-bond donors (Lipinski definition) is 1. The van der Waals surface area contributed by atoms with Crippen LogP contribution in [0.2, 0.25) is 0 Å². The summed E-state index contributed by atoms with van der Waals surface area (Å²) in [4.78, 5) is 49.9. The van der Waals surface area contributed by atoms with E-state index < -0.39 is 11.7 Å². The summed E-state index contributed by atoms with van der Waals surface area (Å²) in [5.74, 6) is -0.698. The Balaban J connectivity index is 1.44. The highest BCUT2D eigenvalue weighted by atomic mass is 32.1. The minimum Gasteiger partial charge on any atom is -0.310 e. The van der Waals surface area contributed by atoms with Crippen LogP contribution in [-0.2, 0) is 23.8 Å². The molecule has 2 aromatic heterocycles. The van der Waals surface area contributed by atoms with Gasteiger partial charge in [-0.05, 0) is 30.5 Å². The van der Waals surface area contributed by atoms with Gasteiger partial charge in [-0.25, -0.2) is 15.0 Å². The quantitative estimate of drug-likeness (QED) is 0.459. The Kier molecular flexibility index (Phi) is 6.79. The van der Waals surface area contributed by atoms with Gasteiger partial charge in [0.05, 0.1) is 15.4 Å². The molecule has 1 aromatic carbocycles. The third-order valence-corrected chi connectivity index (χ3v) is 7.02. The van der Waals surface area contributed by atoms with Crippen LogP contribution in [0.15, 0.2) is 30.7 Å². The molecule has 11 heteroatoms. The number of thiazole rings is 1. The van der Waals surface area contributed by atoms with E-state index in [4.69, 9.17) is 0 Å². The zero-order valence-corrected chi connectivity index (χ0v) is 19.7. The Morgan fingerprint density at radius 1 is 1.14 bits per heavy atom. The molecular weight excluding hydrogens is 481 g/mol. The number of aryl methyl sites for hydroxylation is 1. The van der Waals surface area contributed by atoms with E-state index in [2.05, 4.69) is 20.3 Å². The van der Waals surface area contributed by atoms with E-state index in [0.29, 0.717) is 27.7 Å². The third-order valence-electron chi connectivity index (χ3n) is 5.75. The van der Waals surface area contributed by atoms with E-state index in [1.54, 1.807) is 6.92 Å². The molecule has 0 fully saturated rings. The maximum atomic E-state index is 13.2. The normalized spacial score (nSPS) is 14.3. The van der Waals surface area contributed by atoms with Crippen molar-refractivity contribution < 1.29 is 27.6 Å². The predicted molar refractivity (Wildman–Crippen MR) is 123 cm³/mol. The van der Waals surface area contributed by atoms with Crippen LogP contribution in [-0.4, -0.2) is 32.4 Å². The maximum Gasteiger partial charge on any atom is 0.416 e. The summed E-state index contributed by atoms with van der Waals surface area (Å²) in [6, 6.07) is 3.87. The molecule has 0 saturated heterocycles. The van der Waals surface area contributed by atoms with E-state index in [1.807, 2.05) is 0 Å². The molecule has 7 nitrogen and oxygen atoms in total. The highest BCUT2D eigenvalue weighted by Crippen LogP contribution is 2.33. The number of hydrogen-bond acceptors (Lipinski definition) is 7. The van der Waals surface area contributed by atoms with E-state index in [1.165, 1.54) is 31.6 Å². The van der Waals surface area contributed by atoms with Gasteiger partial charge in [-0.2, -0.15) is 13.2 Å². The Morgan fingerprint density at radius 3 is 2.66 bits per heavy atom. The maximum absolute atomic E-state index is 13.2. The first-order chi connectivity index (χ1) is 16.5. The number of fused-ring (bicyclic) bond motifs is 1. The largest absolute Gasteiger partial charge is 0.416 e. The third kappa shape index (κ3) is 5.45. The molecule has 0 saturated carbocycles. The van der Waals surface area contributed by atoms with Crippen LogP contribution in [0.1, 0.15) is 73.1 Å². The lowest BCUT2D eigenvalue weighted by Crippen LogP contribution is -2.23. The number of aromatic nitrogens is 3. The number of carbonyl (C=O) groups excluding carboxylic acids is 3. The van der Waals surface area contributed by atoms with Crippen molar-refractivity contribution in [1.82, 2.24) is 15.0 Å². The van der Waals surface area contributed by atoms with Crippen LogP contribution >= 0.6 is 11.3 Å². The van der Waals surface area contributed by atoms with Crippen molar-refractivity contribution in [3.05, 3.63) is 68.6 Å². The molecular formula is C24H21F3N4O3S. The smallest absolute Gasteiger partial charge is 0.310 e. The van der Waals surface area contributed by atoms with Crippen LogP contribution in [0, 0.1) is 6.92 Å². The first-order valence-corrected chi connectivity index (χ1v) is 11.7. The second kappa shape index (κ2) is 9.65. The standard InChI is InChI=1S/C24H21F3N4O3S/c1-12-3-4-14(8-16(12)24(25,26)27)9-17(32)19-10-28-23(35-19)13(2)7-18(33)21-15-5-6-20(34)31-22(15)30-11-29-21/h3-4,8,10-11,13H,5-7,9H2,1-2H3,(H,29,30,31,34)/t13-/m0/s1. The lowest BCUT2D eigenvalue weighted by molar-refractivity contribution is -0.138. The minimum atomic E-state index is -4.49. The van der Waals surface area contributed by atoms with Gasteiger partial charge in [-0.1, -0.05) is 19.1 Å². The van der Waals surface area contributed by atoms with Gasteiger partial charge in [0.15, 0.2) is 11.6 Å². The number of anilines is 1. The topological polar surface area (TPSA) is 102 Å². The summed E-state index contributed by atoms with van der Waals surface area (Å²) in [6.45, 7) is 3.18. The zero-order valence-electron chi connectivity index (χ0n) is 18.9. The van der Waals surface area contributed by atoms with Crippen molar-refractivity contribution in [2.24, 2.45) is 0 Å². The van der Waals surface area contributed by atoms with E-state index in [0.717, 1.165) is 17.4 Å². The van der Waals surface area contributed by atoms with Crippen molar-refractivity contribution in [2.75, 3.05) is 5.32 Å². The van der Waals surface area contributed by atoms with Gasteiger partial charge in [0.2, 0.25) is 5.91 Å². The first kappa shape index (κ1) is 24.6. The fourth-order valence-electron chi connectivity index (χ4n) is 3.89. The van der Waals surface area contributed by atoms with Gasteiger partial charge in [0.1, 0.15) is 17.8 Å². The molecule has 3 aromatic rings. The van der Waals surface area contributed by atoms with E-state index in [9.17, 15) is 27.6 Å². The molecule has 1 N–H and O–H groups in total. The van der Waals surface area contributed by atoms with Crippen molar-refractivity contribution in [3.8, 4) is 0 Å². The molecule has 0 aliphatic carbocycles. The number of benzene rings is 1. The van der Waals surface area contributed by atoms with Crippen molar-refractivity contribution in [2.45, 2.75) is 51.6 Å². The Hall–Kier alpha value is -3.47. The number of alkyl halides is 3. The van der Waals surface area contributed by atoms with Crippen molar-refractivity contribution >= 4 is 34.6 Å². The molecule has 0 bridgehead atoms. The summed E-state index contributed by atoms with van der Waals surface area (Å²) in [5.41, 5.74) is 0.475. The number of Topliss-reactive ketones (excluding diaryl/α,β-unsaturated/α-hetero) is 2. The van der Waals surface area contributed by atoms with Gasteiger partial charge < -0.3 is 5.32 Å². The molecule has 4 rings (SSSR count).